The highest BCUT2D eigenvalue weighted by atomic mass is 16.5. The fourth-order valence-electron chi connectivity index (χ4n) is 3.73. The minimum absolute atomic E-state index is 0.333. The molecule has 2 N–H and O–H groups in total. The van der Waals surface area contributed by atoms with Crippen molar-refractivity contribution in [2.45, 2.75) is 57.4 Å². The van der Waals surface area contributed by atoms with Crippen LogP contribution in [0.4, 0.5) is 0 Å². The van der Waals surface area contributed by atoms with Crippen molar-refractivity contribution in [3.8, 4) is 11.5 Å². The van der Waals surface area contributed by atoms with Gasteiger partial charge in [-0.05, 0) is 37.3 Å². The Balaban J connectivity index is 2.31. The van der Waals surface area contributed by atoms with E-state index < -0.39 is 0 Å². The Hall–Kier alpha value is -1.22. The molecule has 1 saturated carbocycles. The van der Waals surface area contributed by atoms with Crippen molar-refractivity contribution in [2.24, 2.45) is 11.7 Å². The molecule has 1 aliphatic rings. The normalized spacial score (nSPS) is 26.2. The Kier molecular flexibility index (Phi) is 5.51. The fraction of sp³-hybridized carbons (Fsp3) is 0.667. The number of nitrogens with two attached hydrogens (primary N) is 1. The molecule has 3 heteroatoms. The molecule has 2 atom stereocenters. The summed E-state index contributed by atoms with van der Waals surface area (Å²) < 4.78 is 11.1. The smallest absolute Gasteiger partial charge is 0.127 e. The summed E-state index contributed by atoms with van der Waals surface area (Å²) in [5, 5.41) is 0. The van der Waals surface area contributed by atoms with E-state index in [1.165, 1.54) is 32.1 Å². The summed E-state index contributed by atoms with van der Waals surface area (Å²) in [6.45, 7) is 2.27. The van der Waals surface area contributed by atoms with Gasteiger partial charge in [0.15, 0.2) is 0 Å². The van der Waals surface area contributed by atoms with Crippen molar-refractivity contribution < 1.29 is 9.47 Å². The number of methoxy groups -OCH3 is 2. The average molecular weight is 291 g/mol. The van der Waals surface area contributed by atoms with Crippen molar-refractivity contribution in [2.75, 3.05) is 14.2 Å². The van der Waals surface area contributed by atoms with Gasteiger partial charge in [-0.3, -0.25) is 0 Å². The summed E-state index contributed by atoms with van der Waals surface area (Å²) in [6.07, 6.45) is 8.27. The van der Waals surface area contributed by atoms with E-state index in [9.17, 15) is 0 Å². The molecular weight excluding hydrogens is 262 g/mol. The van der Waals surface area contributed by atoms with Gasteiger partial charge in [-0.15, -0.1) is 0 Å². The summed E-state index contributed by atoms with van der Waals surface area (Å²) in [5.41, 5.74) is 7.55. The summed E-state index contributed by atoms with van der Waals surface area (Å²) in [5.74, 6) is 2.53. The maximum atomic E-state index is 6.83. The quantitative estimate of drug-likeness (QED) is 0.825. The van der Waals surface area contributed by atoms with E-state index in [1.54, 1.807) is 14.2 Å². The zero-order valence-electron chi connectivity index (χ0n) is 13.7. The van der Waals surface area contributed by atoms with Crippen LogP contribution in [0.1, 0.15) is 57.4 Å². The van der Waals surface area contributed by atoms with Crippen LogP contribution in [0.3, 0.4) is 0 Å². The van der Waals surface area contributed by atoms with Crippen LogP contribution >= 0.6 is 0 Å². The lowest BCUT2D eigenvalue weighted by atomic mass is 9.82. The SMILES string of the molecule is CCCC1CCCC(N)(c2c(OC)cccc2OC)CC1. The Morgan fingerprint density at radius 3 is 2.38 bits per heavy atom. The van der Waals surface area contributed by atoms with E-state index in [4.69, 9.17) is 15.2 Å². The molecule has 0 saturated heterocycles. The molecule has 0 amide bonds. The minimum atomic E-state index is -0.333. The third-order valence-corrected chi connectivity index (χ3v) is 4.86. The van der Waals surface area contributed by atoms with Crippen LogP contribution < -0.4 is 15.2 Å². The number of hydrogen-bond donors (Lipinski definition) is 1. The first-order valence-corrected chi connectivity index (χ1v) is 8.15. The second kappa shape index (κ2) is 7.17. The third-order valence-electron chi connectivity index (χ3n) is 4.86. The van der Waals surface area contributed by atoms with E-state index in [2.05, 4.69) is 6.92 Å². The molecule has 0 aliphatic heterocycles. The van der Waals surface area contributed by atoms with Crippen molar-refractivity contribution in [1.29, 1.82) is 0 Å². The molecule has 0 bridgehead atoms. The van der Waals surface area contributed by atoms with Gasteiger partial charge in [0.25, 0.3) is 0 Å². The van der Waals surface area contributed by atoms with Gasteiger partial charge in [0.1, 0.15) is 11.5 Å². The summed E-state index contributed by atoms with van der Waals surface area (Å²) in [7, 11) is 3.41. The molecule has 0 heterocycles. The Bertz CT molecular complexity index is 438. The molecule has 21 heavy (non-hydrogen) atoms. The Morgan fingerprint density at radius 2 is 1.81 bits per heavy atom. The average Bonchev–Trinajstić information content (AvgIpc) is 2.69. The standard InChI is InChI=1S/C18H29NO2/c1-4-7-14-8-6-12-18(19,13-11-14)17-15(20-2)9-5-10-16(17)21-3/h5,9-10,14H,4,6-8,11-13,19H2,1-3H3. The van der Waals surface area contributed by atoms with Crippen molar-refractivity contribution in [1.82, 2.24) is 0 Å². The first-order valence-electron chi connectivity index (χ1n) is 8.15. The van der Waals surface area contributed by atoms with E-state index in [0.29, 0.717) is 0 Å². The first-order chi connectivity index (χ1) is 10.1. The van der Waals surface area contributed by atoms with Gasteiger partial charge >= 0.3 is 0 Å². The predicted octanol–water partition coefficient (Wildman–Crippen LogP) is 4.24. The van der Waals surface area contributed by atoms with E-state index in [-0.39, 0.29) is 5.54 Å². The van der Waals surface area contributed by atoms with Gasteiger partial charge in [-0.1, -0.05) is 38.7 Å². The van der Waals surface area contributed by atoms with Crippen LogP contribution in [0.5, 0.6) is 11.5 Å². The fourth-order valence-corrected chi connectivity index (χ4v) is 3.73. The second-order valence-corrected chi connectivity index (χ2v) is 6.28. The molecule has 1 aromatic carbocycles. The van der Waals surface area contributed by atoms with Crippen molar-refractivity contribution in [3.05, 3.63) is 23.8 Å². The van der Waals surface area contributed by atoms with Gasteiger partial charge < -0.3 is 15.2 Å². The van der Waals surface area contributed by atoms with Gasteiger partial charge in [0.05, 0.1) is 19.8 Å². The zero-order valence-corrected chi connectivity index (χ0v) is 13.7. The van der Waals surface area contributed by atoms with Crippen LogP contribution in [0.25, 0.3) is 0 Å². The molecule has 1 aromatic rings. The van der Waals surface area contributed by atoms with Crippen LogP contribution in [-0.4, -0.2) is 14.2 Å². The molecule has 1 fully saturated rings. The lowest BCUT2D eigenvalue weighted by Gasteiger charge is -2.31. The van der Waals surface area contributed by atoms with Crippen molar-refractivity contribution >= 4 is 0 Å². The lowest BCUT2D eigenvalue weighted by molar-refractivity contribution is 0.318. The van der Waals surface area contributed by atoms with Crippen LogP contribution in [-0.2, 0) is 5.54 Å². The predicted molar refractivity (Wildman–Crippen MR) is 86.9 cm³/mol. The number of hydrogen-bond acceptors (Lipinski definition) is 3. The number of benzene rings is 1. The molecule has 0 aromatic heterocycles. The summed E-state index contributed by atoms with van der Waals surface area (Å²) in [6, 6.07) is 5.93. The van der Waals surface area contributed by atoms with Crippen LogP contribution in [0.15, 0.2) is 18.2 Å². The Labute approximate surface area is 128 Å². The lowest BCUT2D eigenvalue weighted by Crippen LogP contribution is -2.37. The largest absolute Gasteiger partial charge is 0.496 e. The molecule has 0 spiro atoms. The van der Waals surface area contributed by atoms with Crippen LogP contribution in [0.2, 0.25) is 0 Å². The van der Waals surface area contributed by atoms with E-state index in [1.807, 2.05) is 18.2 Å². The van der Waals surface area contributed by atoms with E-state index >= 15 is 0 Å². The number of rotatable bonds is 5. The highest BCUT2D eigenvalue weighted by molar-refractivity contribution is 5.49. The van der Waals surface area contributed by atoms with Crippen LogP contribution in [0, 0.1) is 5.92 Å². The van der Waals surface area contributed by atoms with Crippen molar-refractivity contribution in [3.63, 3.8) is 0 Å². The maximum Gasteiger partial charge on any atom is 0.127 e. The van der Waals surface area contributed by atoms with E-state index in [0.717, 1.165) is 35.8 Å². The van der Waals surface area contributed by atoms with Gasteiger partial charge in [0, 0.05) is 5.54 Å². The second-order valence-electron chi connectivity index (χ2n) is 6.28. The molecule has 118 valence electrons. The monoisotopic (exact) mass is 291 g/mol. The topological polar surface area (TPSA) is 44.5 Å². The highest BCUT2D eigenvalue weighted by Gasteiger charge is 2.35. The molecule has 1 aliphatic carbocycles. The zero-order chi connectivity index (χ0) is 15.3. The first kappa shape index (κ1) is 16.2. The maximum absolute atomic E-state index is 6.83. The molecular formula is C18H29NO2. The summed E-state index contributed by atoms with van der Waals surface area (Å²) in [4.78, 5) is 0. The van der Waals surface area contributed by atoms with Gasteiger partial charge in [-0.2, -0.15) is 0 Å². The molecule has 3 nitrogen and oxygen atoms in total. The molecule has 2 rings (SSSR count). The molecule has 2 unspecified atom stereocenters. The summed E-state index contributed by atoms with van der Waals surface area (Å²) >= 11 is 0. The molecule has 0 radical (unpaired) electrons. The third kappa shape index (κ3) is 3.52. The Morgan fingerprint density at radius 1 is 1.14 bits per heavy atom. The number of ether oxygens (including phenoxy) is 2. The highest BCUT2D eigenvalue weighted by Crippen LogP contribution is 2.44. The van der Waals surface area contributed by atoms with Gasteiger partial charge in [-0.25, -0.2) is 0 Å². The minimum Gasteiger partial charge on any atom is -0.496 e. The van der Waals surface area contributed by atoms with Gasteiger partial charge in [0.2, 0.25) is 0 Å².